The number of hydrogen-bond donors (Lipinski definition) is 1. The Labute approximate surface area is 231 Å². The average molecular weight is 566 g/mol. The third kappa shape index (κ3) is 7.10. The topological polar surface area (TPSA) is 164 Å². The molecule has 13 heteroatoms. The molecule has 4 fully saturated rings. The lowest BCUT2D eigenvalue weighted by Gasteiger charge is -2.18. The summed E-state index contributed by atoms with van der Waals surface area (Å²) in [7, 11) is 0. The molecule has 6 unspecified atom stereocenters. The lowest BCUT2D eigenvalue weighted by Crippen LogP contribution is -2.55. The fourth-order valence-corrected chi connectivity index (χ4v) is 5.96. The fraction of sp³-hybridized carbons (Fsp3) is 0.815. The summed E-state index contributed by atoms with van der Waals surface area (Å²) >= 11 is 0. The molecule has 1 aromatic rings. The summed E-state index contributed by atoms with van der Waals surface area (Å²) in [5.74, 6) is -0.248. The van der Waals surface area contributed by atoms with E-state index >= 15 is 0 Å². The van der Waals surface area contributed by atoms with Gasteiger partial charge in [0.05, 0.1) is 50.8 Å². The Bertz CT molecular complexity index is 1160. The summed E-state index contributed by atoms with van der Waals surface area (Å²) in [6, 6.07) is 0. The van der Waals surface area contributed by atoms with Crippen molar-refractivity contribution in [1.29, 1.82) is 0 Å². The Morgan fingerprint density at radius 1 is 0.675 bits per heavy atom. The van der Waals surface area contributed by atoms with Crippen LogP contribution in [-0.2, 0) is 48.2 Å². The molecule has 0 spiro atoms. The van der Waals surface area contributed by atoms with Gasteiger partial charge in [-0.15, -0.1) is 0 Å². The van der Waals surface area contributed by atoms with E-state index in [-0.39, 0.29) is 57.2 Å². The molecule has 0 radical (unpaired) electrons. The molecule has 2 saturated carbocycles. The molecule has 6 atom stereocenters. The first kappa shape index (κ1) is 28.7. The van der Waals surface area contributed by atoms with Crippen LogP contribution in [-0.4, -0.2) is 75.0 Å². The smallest absolute Gasteiger partial charge is 0.336 e. The van der Waals surface area contributed by atoms with Crippen molar-refractivity contribution < 1.29 is 33.6 Å². The number of nitrogens with zero attached hydrogens (tertiary/aromatic N) is 3. The second-order valence-corrected chi connectivity index (χ2v) is 11.4. The minimum Gasteiger partial charge on any atom is -0.465 e. The van der Waals surface area contributed by atoms with Crippen LogP contribution in [0, 0.1) is 11.8 Å². The first-order chi connectivity index (χ1) is 19.3. The van der Waals surface area contributed by atoms with Crippen LogP contribution in [0.1, 0.15) is 64.2 Å². The molecule has 40 heavy (non-hydrogen) atoms. The van der Waals surface area contributed by atoms with E-state index in [1.54, 1.807) is 0 Å². The third-order valence-corrected chi connectivity index (χ3v) is 8.42. The largest absolute Gasteiger partial charge is 0.465 e. The highest BCUT2D eigenvalue weighted by Crippen LogP contribution is 2.40. The highest BCUT2D eigenvalue weighted by Gasteiger charge is 2.44. The summed E-state index contributed by atoms with van der Waals surface area (Å²) in [5.41, 5.74) is -2.50. The molecule has 5 rings (SSSR count). The number of rotatable bonds is 14. The molecule has 3 heterocycles. The number of aromatic nitrogens is 3. The van der Waals surface area contributed by atoms with Crippen molar-refractivity contribution in [2.24, 2.45) is 11.8 Å². The van der Waals surface area contributed by atoms with Gasteiger partial charge in [-0.1, -0.05) is 0 Å². The van der Waals surface area contributed by atoms with Crippen molar-refractivity contribution in [2.75, 3.05) is 19.8 Å². The van der Waals surface area contributed by atoms with Gasteiger partial charge in [0.1, 0.15) is 0 Å². The zero-order valence-electron chi connectivity index (χ0n) is 22.7. The Kier molecular flexibility index (Phi) is 9.21. The van der Waals surface area contributed by atoms with Gasteiger partial charge in [-0.3, -0.25) is 9.59 Å². The fourth-order valence-electron chi connectivity index (χ4n) is 5.96. The predicted octanol–water partition coefficient (Wildman–Crippen LogP) is -0.0542. The zero-order chi connectivity index (χ0) is 28.2. The Morgan fingerprint density at radius 2 is 1.10 bits per heavy atom. The van der Waals surface area contributed by atoms with Crippen molar-refractivity contribution in [2.45, 2.75) is 108 Å². The van der Waals surface area contributed by atoms with Gasteiger partial charge in [0, 0.05) is 25.9 Å². The van der Waals surface area contributed by atoms with Crippen LogP contribution in [0.5, 0.6) is 0 Å². The van der Waals surface area contributed by atoms with Gasteiger partial charge in [-0.25, -0.2) is 28.1 Å². The van der Waals surface area contributed by atoms with Crippen molar-refractivity contribution in [3.05, 3.63) is 31.5 Å². The molecule has 2 aliphatic heterocycles. The minimum atomic E-state index is -0.844. The molecule has 2 saturated heterocycles. The van der Waals surface area contributed by atoms with Gasteiger partial charge >= 0.3 is 29.0 Å². The quantitative estimate of drug-likeness (QED) is 0.239. The number of epoxide rings is 2. The number of hydrogen-bond acceptors (Lipinski definition) is 10. The van der Waals surface area contributed by atoms with Gasteiger partial charge in [0.15, 0.2) is 0 Å². The van der Waals surface area contributed by atoms with Gasteiger partial charge in [0.2, 0.25) is 0 Å². The van der Waals surface area contributed by atoms with E-state index in [1.807, 2.05) is 0 Å². The van der Waals surface area contributed by atoms with E-state index in [1.165, 1.54) is 0 Å². The number of aliphatic hydroxyl groups excluding tert-OH is 1. The van der Waals surface area contributed by atoms with Crippen LogP contribution < -0.4 is 17.1 Å². The molecule has 0 amide bonds. The lowest BCUT2D eigenvalue weighted by atomic mass is 9.90. The normalized spacial score (nSPS) is 28.3. The number of carbonyl (C=O) groups excluding carboxylic acids is 2. The molecular formula is C27H39N3O10. The predicted molar refractivity (Wildman–Crippen MR) is 139 cm³/mol. The monoisotopic (exact) mass is 565 g/mol. The summed E-state index contributed by atoms with van der Waals surface area (Å²) in [5, 5.41) is 9.36. The van der Waals surface area contributed by atoms with E-state index < -0.39 is 35.6 Å². The molecule has 0 bridgehead atoms. The number of esters is 2. The number of ether oxygens (including phenoxy) is 4. The van der Waals surface area contributed by atoms with E-state index in [0.717, 1.165) is 52.2 Å². The van der Waals surface area contributed by atoms with Crippen molar-refractivity contribution in [3.63, 3.8) is 0 Å². The van der Waals surface area contributed by atoms with E-state index in [4.69, 9.17) is 18.9 Å². The molecule has 4 aliphatic rings. The maximum Gasteiger partial charge on any atom is 0.336 e. The number of fused-ring (bicyclic) bond motifs is 2. The summed E-state index contributed by atoms with van der Waals surface area (Å²) in [4.78, 5) is 63.2. The zero-order valence-corrected chi connectivity index (χ0v) is 22.7. The van der Waals surface area contributed by atoms with Crippen molar-refractivity contribution in [1.82, 2.24) is 13.7 Å². The average Bonchev–Trinajstić information content (AvgIpc) is 3.87. The van der Waals surface area contributed by atoms with Gasteiger partial charge in [-0.2, -0.15) is 0 Å². The minimum absolute atomic E-state index is 0.0145. The van der Waals surface area contributed by atoms with Crippen LogP contribution in [0.4, 0.5) is 0 Å². The molecule has 1 aromatic heterocycles. The van der Waals surface area contributed by atoms with Gasteiger partial charge < -0.3 is 24.1 Å². The van der Waals surface area contributed by atoms with E-state index in [0.29, 0.717) is 37.6 Å². The molecular weight excluding hydrogens is 526 g/mol. The molecule has 1 N–H and O–H groups in total. The standard InChI is InChI=1S/C27H39N3O10/c31-12-11-30-26(35)28(9-1-3-23(32)37-15-17-5-7-19-21(13-17)39-19)25(34)29(27(30)36)10-2-4-24(33)38-16-18-6-8-20-22(14-18)40-20/h17-22,31H,1-16H2. The Hall–Kier alpha value is -2.77. The van der Waals surface area contributed by atoms with E-state index in [9.17, 15) is 29.1 Å². The highest BCUT2D eigenvalue weighted by molar-refractivity contribution is 5.69. The maximum atomic E-state index is 13.0. The molecule has 222 valence electrons. The first-order valence-corrected chi connectivity index (χ1v) is 14.5. The van der Waals surface area contributed by atoms with Crippen LogP contribution in [0.15, 0.2) is 14.4 Å². The highest BCUT2D eigenvalue weighted by atomic mass is 16.6. The molecule has 0 aromatic carbocycles. The van der Waals surface area contributed by atoms with Gasteiger partial charge in [0.25, 0.3) is 0 Å². The van der Waals surface area contributed by atoms with E-state index in [2.05, 4.69) is 0 Å². The van der Waals surface area contributed by atoms with Crippen LogP contribution in [0.2, 0.25) is 0 Å². The Morgan fingerprint density at radius 3 is 1.50 bits per heavy atom. The third-order valence-electron chi connectivity index (χ3n) is 8.42. The second kappa shape index (κ2) is 12.8. The first-order valence-electron chi connectivity index (χ1n) is 14.5. The van der Waals surface area contributed by atoms with Crippen LogP contribution in [0.25, 0.3) is 0 Å². The second-order valence-electron chi connectivity index (χ2n) is 11.4. The molecule has 2 aliphatic carbocycles. The SMILES string of the molecule is O=C(CCCn1c(=O)n(CCO)c(=O)n(CCCC(=O)OCC2CCC3OC3C2)c1=O)OCC1CCC2OC2C1. The van der Waals surface area contributed by atoms with Crippen LogP contribution >= 0.6 is 0 Å². The number of aliphatic hydroxyl groups is 1. The molecule has 13 nitrogen and oxygen atoms in total. The summed E-state index contributed by atoms with van der Waals surface area (Å²) in [6.45, 7) is -0.255. The summed E-state index contributed by atoms with van der Waals surface area (Å²) < 4.78 is 24.4. The number of carbonyl (C=O) groups is 2. The van der Waals surface area contributed by atoms with Crippen LogP contribution in [0.3, 0.4) is 0 Å². The lowest BCUT2D eigenvalue weighted by molar-refractivity contribution is -0.146. The van der Waals surface area contributed by atoms with Gasteiger partial charge in [-0.05, 0) is 63.2 Å². The Balaban J connectivity index is 1.11. The van der Waals surface area contributed by atoms with Crippen molar-refractivity contribution in [3.8, 4) is 0 Å². The summed E-state index contributed by atoms with van der Waals surface area (Å²) in [6.07, 6.45) is 7.43. The maximum absolute atomic E-state index is 13.0. The van der Waals surface area contributed by atoms with Crippen molar-refractivity contribution >= 4 is 11.9 Å².